The molecule has 3 N–H and O–H groups in total. The minimum atomic E-state index is -0.470. The van der Waals surface area contributed by atoms with E-state index < -0.39 is 11.6 Å². The molecule has 94 valence electrons. The van der Waals surface area contributed by atoms with Gasteiger partial charge in [0.15, 0.2) is 0 Å². The quantitative estimate of drug-likeness (QED) is 0.877. The fraction of sp³-hybridized carbons (Fsp3) is 0.308. The molecule has 2 aromatic rings. The Morgan fingerprint density at radius 3 is 2.78 bits per heavy atom. The molecule has 1 aromatic carbocycles. The standard InChI is InChI=1S/C13H13F2N3/c14-8-1-2-10(15)9(5-8)11-6-17-12(18-11)13(7-16)3-4-13/h1-2,5-6H,3-4,7,16H2,(H,17,18). The first-order chi connectivity index (χ1) is 8.64. The van der Waals surface area contributed by atoms with Crippen LogP contribution in [0.15, 0.2) is 24.4 Å². The summed E-state index contributed by atoms with van der Waals surface area (Å²) in [5.41, 5.74) is 6.31. The number of benzene rings is 1. The fourth-order valence-corrected chi connectivity index (χ4v) is 2.12. The Bertz CT molecular complexity index is 588. The summed E-state index contributed by atoms with van der Waals surface area (Å²) in [6, 6.07) is 3.37. The Morgan fingerprint density at radius 2 is 2.11 bits per heavy atom. The van der Waals surface area contributed by atoms with E-state index in [0.29, 0.717) is 12.2 Å². The molecule has 0 amide bonds. The summed E-state index contributed by atoms with van der Waals surface area (Å²) in [4.78, 5) is 7.30. The number of nitrogens with two attached hydrogens (primary N) is 1. The zero-order chi connectivity index (χ0) is 12.8. The molecule has 0 aliphatic heterocycles. The summed E-state index contributed by atoms with van der Waals surface area (Å²) < 4.78 is 26.8. The lowest BCUT2D eigenvalue weighted by atomic mass is 10.1. The van der Waals surface area contributed by atoms with Crippen molar-refractivity contribution in [3.8, 4) is 11.3 Å². The SMILES string of the molecule is NCC1(c2ncc(-c3cc(F)ccc3F)[nH]2)CC1. The van der Waals surface area contributed by atoms with Crippen LogP contribution in [0.5, 0.6) is 0 Å². The third kappa shape index (κ3) is 1.71. The van der Waals surface area contributed by atoms with E-state index in [1.165, 1.54) is 6.20 Å². The highest BCUT2D eigenvalue weighted by Gasteiger charge is 2.45. The van der Waals surface area contributed by atoms with E-state index >= 15 is 0 Å². The molecule has 1 saturated carbocycles. The molecule has 0 radical (unpaired) electrons. The topological polar surface area (TPSA) is 54.7 Å². The van der Waals surface area contributed by atoms with E-state index in [2.05, 4.69) is 9.97 Å². The van der Waals surface area contributed by atoms with Gasteiger partial charge in [0, 0.05) is 17.5 Å². The lowest BCUT2D eigenvalue weighted by molar-refractivity contribution is 0.602. The van der Waals surface area contributed by atoms with E-state index in [1.807, 2.05) is 0 Å². The highest BCUT2D eigenvalue weighted by molar-refractivity contribution is 5.59. The van der Waals surface area contributed by atoms with Gasteiger partial charge in [-0.3, -0.25) is 0 Å². The molecule has 5 heteroatoms. The zero-order valence-corrected chi connectivity index (χ0v) is 9.71. The highest BCUT2D eigenvalue weighted by atomic mass is 19.1. The number of nitrogens with zero attached hydrogens (tertiary/aromatic N) is 1. The maximum absolute atomic E-state index is 13.6. The van der Waals surface area contributed by atoms with E-state index in [-0.39, 0.29) is 11.0 Å². The second kappa shape index (κ2) is 3.88. The van der Waals surface area contributed by atoms with Crippen molar-refractivity contribution in [3.63, 3.8) is 0 Å². The first kappa shape index (κ1) is 11.3. The van der Waals surface area contributed by atoms with Gasteiger partial charge in [-0.15, -0.1) is 0 Å². The van der Waals surface area contributed by atoms with Gasteiger partial charge in [0.05, 0.1) is 11.9 Å². The molecule has 1 fully saturated rings. The maximum Gasteiger partial charge on any atom is 0.132 e. The number of halogens is 2. The lowest BCUT2D eigenvalue weighted by Gasteiger charge is -2.07. The molecule has 1 aromatic heterocycles. The Kier molecular flexibility index (Phi) is 2.45. The van der Waals surface area contributed by atoms with Crippen molar-refractivity contribution in [2.45, 2.75) is 18.3 Å². The van der Waals surface area contributed by atoms with E-state index in [0.717, 1.165) is 36.9 Å². The van der Waals surface area contributed by atoms with Crippen molar-refractivity contribution in [2.75, 3.05) is 6.54 Å². The fourth-order valence-electron chi connectivity index (χ4n) is 2.12. The van der Waals surface area contributed by atoms with Crippen LogP contribution in [-0.4, -0.2) is 16.5 Å². The summed E-state index contributed by atoms with van der Waals surface area (Å²) in [6.07, 6.45) is 3.51. The molecule has 1 aliphatic carbocycles. The van der Waals surface area contributed by atoms with Gasteiger partial charge >= 0.3 is 0 Å². The number of nitrogens with one attached hydrogen (secondary N) is 1. The molecule has 0 unspecified atom stereocenters. The van der Waals surface area contributed by atoms with Crippen molar-refractivity contribution in [1.29, 1.82) is 0 Å². The average Bonchev–Trinajstić information content (AvgIpc) is 3.02. The Balaban J connectivity index is 2.00. The van der Waals surface area contributed by atoms with Gasteiger partial charge in [-0.1, -0.05) is 0 Å². The van der Waals surface area contributed by atoms with Crippen LogP contribution in [0.4, 0.5) is 8.78 Å². The van der Waals surface area contributed by atoms with Crippen molar-refractivity contribution >= 4 is 0 Å². The van der Waals surface area contributed by atoms with Crippen molar-refractivity contribution in [3.05, 3.63) is 41.9 Å². The van der Waals surface area contributed by atoms with Crippen LogP contribution in [-0.2, 0) is 5.41 Å². The molecule has 0 spiro atoms. The number of H-pyrrole nitrogens is 1. The summed E-state index contributed by atoms with van der Waals surface area (Å²) in [7, 11) is 0. The van der Waals surface area contributed by atoms with Crippen LogP contribution in [0, 0.1) is 11.6 Å². The second-order valence-electron chi connectivity index (χ2n) is 4.75. The Morgan fingerprint density at radius 1 is 1.33 bits per heavy atom. The first-order valence-electron chi connectivity index (χ1n) is 5.86. The minimum absolute atomic E-state index is 0.0813. The van der Waals surface area contributed by atoms with Gasteiger partial charge < -0.3 is 10.7 Å². The number of aromatic amines is 1. The molecule has 18 heavy (non-hydrogen) atoms. The van der Waals surface area contributed by atoms with E-state index in [4.69, 9.17) is 5.73 Å². The molecule has 1 heterocycles. The number of hydrogen-bond acceptors (Lipinski definition) is 2. The van der Waals surface area contributed by atoms with Crippen molar-refractivity contribution in [1.82, 2.24) is 9.97 Å². The molecule has 0 saturated heterocycles. The van der Waals surface area contributed by atoms with Crippen molar-refractivity contribution < 1.29 is 8.78 Å². The molecule has 0 bridgehead atoms. The van der Waals surface area contributed by atoms with E-state index in [9.17, 15) is 8.78 Å². The monoisotopic (exact) mass is 249 g/mol. The molecular weight excluding hydrogens is 236 g/mol. The van der Waals surface area contributed by atoms with Crippen LogP contribution >= 0.6 is 0 Å². The van der Waals surface area contributed by atoms with Crippen LogP contribution in [0.1, 0.15) is 18.7 Å². The highest BCUT2D eigenvalue weighted by Crippen LogP contribution is 2.46. The smallest absolute Gasteiger partial charge is 0.132 e. The van der Waals surface area contributed by atoms with Gasteiger partial charge in [0.1, 0.15) is 17.5 Å². The number of hydrogen-bond donors (Lipinski definition) is 2. The number of aromatic nitrogens is 2. The summed E-state index contributed by atoms with van der Waals surface area (Å²) in [5, 5.41) is 0. The molecule has 1 aliphatic rings. The average molecular weight is 249 g/mol. The Hall–Kier alpha value is -1.75. The lowest BCUT2D eigenvalue weighted by Crippen LogP contribution is -2.21. The molecule has 3 nitrogen and oxygen atoms in total. The predicted molar refractivity (Wildman–Crippen MR) is 63.9 cm³/mol. The maximum atomic E-state index is 13.6. The minimum Gasteiger partial charge on any atom is -0.341 e. The number of rotatable bonds is 3. The van der Waals surface area contributed by atoms with Crippen LogP contribution in [0.2, 0.25) is 0 Å². The predicted octanol–water partition coefficient (Wildman–Crippen LogP) is 2.35. The number of imidazole rings is 1. The van der Waals surface area contributed by atoms with Gasteiger partial charge in [0.2, 0.25) is 0 Å². The van der Waals surface area contributed by atoms with Crippen LogP contribution in [0.3, 0.4) is 0 Å². The largest absolute Gasteiger partial charge is 0.341 e. The van der Waals surface area contributed by atoms with Gasteiger partial charge in [-0.05, 0) is 31.0 Å². The molecule has 3 rings (SSSR count). The van der Waals surface area contributed by atoms with Gasteiger partial charge in [-0.25, -0.2) is 13.8 Å². The van der Waals surface area contributed by atoms with Crippen molar-refractivity contribution in [2.24, 2.45) is 5.73 Å². The third-order valence-corrected chi connectivity index (χ3v) is 3.54. The summed E-state index contributed by atoms with van der Waals surface area (Å²) in [6.45, 7) is 0.519. The zero-order valence-electron chi connectivity index (χ0n) is 9.71. The van der Waals surface area contributed by atoms with Gasteiger partial charge in [-0.2, -0.15) is 0 Å². The third-order valence-electron chi connectivity index (χ3n) is 3.54. The van der Waals surface area contributed by atoms with Crippen LogP contribution in [0.25, 0.3) is 11.3 Å². The van der Waals surface area contributed by atoms with Gasteiger partial charge in [0.25, 0.3) is 0 Å². The Labute approximate surface area is 103 Å². The first-order valence-corrected chi connectivity index (χ1v) is 5.86. The van der Waals surface area contributed by atoms with E-state index in [1.54, 1.807) is 0 Å². The molecular formula is C13H13F2N3. The summed E-state index contributed by atoms with van der Waals surface area (Å²) in [5.74, 6) is -0.171. The van der Waals surface area contributed by atoms with Crippen LogP contribution < -0.4 is 5.73 Å². The normalized spacial score (nSPS) is 16.8. The summed E-state index contributed by atoms with van der Waals surface area (Å²) >= 11 is 0. The molecule has 0 atom stereocenters. The second-order valence-corrected chi connectivity index (χ2v) is 4.75.